The van der Waals surface area contributed by atoms with Crippen LogP contribution in [0.2, 0.25) is 0 Å². The van der Waals surface area contributed by atoms with E-state index in [-0.39, 0.29) is 9.46 Å². The lowest BCUT2D eigenvalue weighted by atomic mass is 10.1. The summed E-state index contributed by atoms with van der Waals surface area (Å²) in [5.41, 5.74) is 0. The summed E-state index contributed by atoms with van der Waals surface area (Å²) < 4.78 is 26.7. The Morgan fingerprint density at radius 2 is 1.93 bits per heavy atom. The van der Waals surface area contributed by atoms with Crippen LogP contribution in [0.15, 0.2) is 0 Å². The Hall–Kier alpha value is 0.600. The quantitative estimate of drug-likeness (QED) is 0.610. The maximum Gasteiger partial charge on any atom is 0.279 e. The van der Waals surface area contributed by atoms with Gasteiger partial charge in [-0.3, -0.25) is 0 Å². The molecule has 0 aliphatic carbocycles. The standard InChI is InChI=1S/C8H19IN2O2S/c1-7(6-8(2,3)9)11(5)14(12,13)10-4/h7,10H,6H2,1-5H3. The van der Waals surface area contributed by atoms with E-state index in [1.54, 1.807) is 7.05 Å². The molecule has 0 aromatic carbocycles. The monoisotopic (exact) mass is 334 g/mol. The Bertz CT molecular complexity index is 272. The molecule has 0 aromatic heterocycles. The molecule has 86 valence electrons. The van der Waals surface area contributed by atoms with E-state index in [2.05, 4.69) is 41.2 Å². The van der Waals surface area contributed by atoms with Gasteiger partial charge < -0.3 is 0 Å². The summed E-state index contributed by atoms with van der Waals surface area (Å²) in [5.74, 6) is 0. The summed E-state index contributed by atoms with van der Waals surface area (Å²) in [6.45, 7) is 6.09. The molecule has 0 fully saturated rings. The zero-order valence-corrected chi connectivity index (χ0v) is 12.3. The van der Waals surface area contributed by atoms with E-state index < -0.39 is 10.2 Å². The Balaban J connectivity index is 4.49. The molecule has 0 aliphatic rings. The number of alkyl halides is 1. The summed E-state index contributed by atoms with van der Waals surface area (Å²) in [6, 6.07) is -0.000602. The van der Waals surface area contributed by atoms with Gasteiger partial charge >= 0.3 is 0 Å². The van der Waals surface area contributed by atoms with Crippen molar-refractivity contribution in [2.45, 2.75) is 36.7 Å². The fraction of sp³-hybridized carbons (Fsp3) is 1.00. The molecular weight excluding hydrogens is 315 g/mol. The second-order valence-corrected chi connectivity index (χ2v) is 8.85. The van der Waals surface area contributed by atoms with Crippen LogP contribution in [0.3, 0.4) is 0 Å². The van der Waals surface area contributed by atoms with Crippen molar-refractivity contribution in [2.24, 2.45) is 0 Å². The van der Waals surface area contributed by atoms with Crippen LogP contribution in [0.5, 0.6) is 0 Å². The molecule has 6 heteroatoms. The van der Waals surface area contributed by atoms with E-state index in [4.69, 9.17) is 0 Å². The maximum atomic E-state index is 11.4. The predicted molar refractivity (Wildman–Crippen MR) is 67.9 cm³/mol. The van der Waals surface area contributed by atoms with Gasteiger partial charge in [0.2, 0.25) is 0 Å². The van der Waals surface area contributed by atoms with Crippen LogP contribution in [-0.4, -0.2) is 36.3 Å². The first-order valence-electron chi connectivity index (χ1n) is 4.45. The largest absolute Gasteiger partial charge is 0.279 e. The first kappa shape index (κ1) is 14.6. The van der Waals surface area contributed by atoms with Crippen LogP contribution >= 0.6 is 22.6 Å². The minimum Gasteiger partial charge on any atom is -0.205 e. The number of rotatable bonds is 5. The van der Waals surface area contributed by atoms with Gasteiger partial charge in [-0.2, -0.15) is 12.7 Å². The molecule has 0 bridgehead atoms. The smallest absolute Gasteiger partial charge is 0.205 e. The van der Waals surface area contributed by atoms with Gasteiger partial charge in [0.25, 0.3) is 10.2 Å². The van der Waals surface area contributed by atoms with Gasteiger partial charge in [-0.05, 0) is 13.3 Å². The molecular formula is C8H19IN2O2S. The van der Waals surface area contributed by atoms with E-state index in [0.29, 0.717) is 0 Å². The third kappa shape index (κ3) is 4.90. The van der Waals surface area contributed by atoms with Gasteiger partial charge in [-0.1, -0.05) is 36.4 Å². The van der Waals surface area contributed by atoms with Crippen molar-refractivity contribution >= 4 is 32.8 Å². The molecule has 0 amide bonds. The molecule has 1 N–H and O–H groups in total. The second-order valence-electron chi connectivity index (χ2n) is 4.00. The van der Waals surface area contributed by atoms with Crippen molar-refractivity contribution in [3.05, 3.63) is 0 Å². The normalized spacial score (nSPS) is 15.9. The first-order chi connectivity index (χ1) is 6.10. The van der Waals surface area contributed by atoms with E-state index in [1.165, 1.54) is 11.4 Å². The molecule has 0 saturated carbocycles. The van der Waals surface area contributed by atoms with E-state index >= 15 is 0 Å². The third-order valence-corrected chi connectivity index (χ3v) is 4.11. The Labute approximate surface area is 101 Å². The van der Waals surface area contributed by atoms with Crippen LogP contribution in [0.4, 0.5) is 0 Å². The molecule has 0 aromatic rings. The molecule has 0 rings (SSSR count). The molecule has 1 atom stereocenters. The number of halogens is 1. The molecule has 0 spiro atoms. The summed E-state index contributed by atoms with van der Waals surface area (Å²) in [6.07, 6.45) is 0.824. The van der Waals surface area contributed by atoms with Crippen molar-refractivity contribution in [3.8, 4) is 0 Å². The van der Waals surface area contributed by atoms with Crippen molar-refractivity contribution in [1.82, 2.24) is 9.03 Å². The molecule has 0 radical (unpaired) electrons. The first-order valence-corrected chi connectivity index (χ1v) is 6.97. The van der Waals surface area contributed by atoms with Gasteiger partial charge in [0.1, 0.15) is 0 Å². The Kier molecular flexibility index (Phi) is 5.31. The maximum absolute atomic E-state index is 11.4. The highest BCUT2D eigenvalue weighted by Gasteiger charge is 2.26. The average molecular weight is 334 g/mol. The van der Waals surface area contributed by atoms with Gasteiger partial charge in [-0.15, -0.1) is 0 Å². The Morgan fingerprint density at radius 3 is 2.21 bits per heavy atom. The SMILES string of the molecule is CNS(=O)(=O)N(C)C(C)CC(C)(C)I. The zero-order valence-electron chi connectivity index (χ0n) is 9.33. The van der Waals surface area contributed by atoms with E-state index in [1.807, 2.05) is 6.92 Å². The summed E-state index contributed by atoms with van der Waals surface area (Å²) in [4.78, 5) is 0. The minimum absolute atomic E-state index is 0.000602. The topological polar surface area (TPSA) is 49.4 Å². The minimum atomic E-state index is -3.29. The Morgan fingerprint density at radius 1 is 1.50 bits per heavy atom. The van der Waals surface area contributed by atoms with Gasteiger partial charge in [0.05, 0.1) is 0 Å². The molecule has 14 heavy (non-hydrogen) atoms. The number of hydrogen-bond donors (Lipinski definition) is 1. The predicted octanol–water partition coefficient (Wildman–Crippen LogP) is 1.37. The lowest BCUT2D eigenvalue weighted by molar-refractivity contribution is 0.351. The highest BCUT2D eigenvalue weighted by atomic mass is 127. The average Bonchev–Trinajstić information content (AvgIpc) is 2.00. The van der Waals surface area contributed by atoms with Crippen LogP contribution in [0, 0.1) is 0 Å². The van der Waals surface area contributed by atoms with Gasteiger partial charge in [-0.25, -0.2) is 4.72 Å². The third-order valence-electron chi connectivity index (χ3n) is 2.04. The zero-order chi connectivity index (χ0) is 11.6. The fourth-order valence-electron chi connectivity index (χ4n) is 1.21. The van der Waals surface area contributed by atoms with Crippen LogP contribution < -0.4 is 4.72 Å². The van der Waals surface area contributed by atoms with Crippen molar-refractivity contribution in [2.75, 3.05) is 14.1 Å². The molecule has 1 unspecified atom stereocenters. The molecule has 4 nitrogen and oxygen atoms in total. The molecule has 0 saturated heterocycles. The highest BCUT2D eigenvalue weighted by Crippen LogP contribution is 2.25. The van der Waals surface area contributed by atoms with E-state index in [0.717, 1.165) is 6.42 Å². The number of nitrogens with zero attached hydrogens (tertiary/aromatic N) is 1. The lowest BCUT2D eigenvalue weighted by Gasteiger charge is -2.28. The summed E-state index contributed by atoms with van der Waals surface area (Å²) in [7, 11) is -0.269. The van der Waals surface area contributed by atoms with Crippen molar-refractivity contribution < 1.29 is 8.42 Å². The van der Waals surface area contributed by atoms with Gasteiger partial charge in [0, 0.05) is 23.6 Å². The molecule has 0 heterocycles. The van der Waals surface area contributed by atoms with E-state index in [9.17, 15) is 8.42 Å². The highest BCUT2D eigenvalue weighted by molar-refractivity contribution is 14.1. The van der Waals surface area contributed by atoms with Crippen molar-refractivity contribution in [1.29, 1.82) is 0 Å². The summed E-state index contributed by atoms with van der Waals surface area (Å²) >= 11 is 2.32. The van der Waals surface area contributed by atoms with Crippen LogP contribution in [-0.2, 0) is 10.2 Å². The number of hydrogen-bond acceptors (Lipinski definition) is 2. The van der Waals surface area contributed by atoms with Crippen LogP contribution in [0.25, 0.3) is 0 Å². The summed E-state index contributed by atoms with van der Waals surface area (Å²) in [5, 5.41) is 0. The number of nitrogens with one attached hydrogen (secondary N) is 1. The van der Waals surface area contributed by atoms with Crippen molar-refractivity contribution in [3.63, 3.8) is 0 Å². The molecule has 0 aliphatic heterocycles. The fourth-order valence-corrected chi connectivity index (χ4v) is 2.69. The van der Waals surface area contributed by atoms with Gasteiger partial charge in [0.15, 0.2) is 0 Å². The second kappa shape index (κ2) is 5.09. The lowest BCUT2D eigenvalue weighted by Crippen LogP contribution is -2.43. The van der Waals surface area contributed by atoms with Crippen LogP contribution in [0.1, 0.15) is 27.2 Å².